The fourth-order valence-corrected chi connectivity index (χ4v) is 5.33. The van der Waals surface area contributed by atoms with Crippen LogP contribution in [0.2, 0.25) is 0 Å². The molecular formula is C23H21F4N7O4S. The number of rotatable bonds is 5. The number of hydrogen-bond acceptors (Lipinski definition) is 8. The minimum Gasteiger partial charge on any atom is -0.475 e. The number of carboxylic acid groups (broad SMARTS) is 1. The Morgan fingerprint density at radius 2 is 1.82 bits per heavy atom. The van der Waals surface area contributed by atoms with E-state index in [-0.39, 0.29) is 22.5 Å². The second kappa shape index (κ2) is 10.8. The van der Waals surface area contributed by atoms with Crippen molar-refractivity contribution < 1.29 is 35.9 Å². The number of carbonyl (C=O) groups is 1. The highest BCUT2D eigenvalue weighted by molar-refractivity contribution is 7.89. The van der Waals surface area contributed by atoms with Crippen molar-refractivity contribution in [3.63, 3.8) is 0 Å². The maximum absolute atomic E-state index is 13.7. The summed E-state index contributed by atoms with van der Waals surface area (Å²) in [7, 11) is -3.54. The number of nitrogens with zero attached hydrogens (tertiary/aromatic N) is 4. The zero-order valence-electron chi connectivity index (χ0n) is 19.9. The molecule has 0 atom stereocenters. The second-order valence-corrected chi connectivity index (χ2v) is 10.3. The molecule has 0 spiro atoms. The van der Waals surface area contributed by atoms with E-state index < -0.39 is 22.2 Å². The largest absolute Gasteiger partial charge is 0.490 e. The normalized spacial score (nSPS) is 14.2. The van der Waals surface area contributed by atoms with E-state index in [9.17, 15) is 26.0 Å². The molecule has 5 N–H and O–H groups in total. The van der Waals surface area contributed by atoms with Crippen LogP contribution in [0, 0.1) is 5.82 Å². The monoisotopic (exact) mass is 567 g/mol. The zero-order chi connectivity index (χ0) is 28.4. The molecule has 5 rings (SSSR count). The summed E-state index contributed by atoms with van der Waals surface area (Å²) in [4.78, 5) is 17.7. The number of fused-ring (bicyclic) bond motifs is 1. The first-order chi connectivity index (χ1) is 18.4. The van der Waals surface area contributed by atoms with E-state index >= 15 is 0 Å². The van der Waals surface area contributed by atoms with E-state index in [0.717, 1.165) is 12.8 Å². The maximum Gasteiger partial charge on any atom is 0.490 e. The van der Waals surface area contributed by atoms with Crippen LogP contribution in [0.3, 0.4) is 0 Å². The van der Waals surface area contributed by atoms with Gasteiger partial charge >= 0.3 is 12.1 Å². The quantitative estimate of drug-likeness (QED) is 0.262. The number of carboxylic acids is 1. The maximum atomic E-state index is 13.7. The van der Waals surface area contributed by atoms with Gasteiger partial charge in [-0.3, -0.25) is 5.10 Å². The van der Waals surface area contributed by atoms with Gasteiger partial charge < -0.3 is 16.2 Å². The number of halogens is 4. The molecular weight excluding hydrogens is 546 g/mol. The van der Waals surface area contributed by atoms with Crippen molar-refractivity contribution in [2.75, 3.05) is 24.1 Å². The summed E-state index contributed by atoms with van der Waals surface area (Å²) in [6.07, 6.45) is -1.85. The number of nitrogen functional groups attached to an aromatic ring is 1. The fraction of sp³-hybridized carbons (Fsp3) is 0.217. The predicted octanol–water partition coefficient (Wildman–Crippen LogP) is 3.90. The molecule has 0 radical (unpaired) electrons. The Kier molecular flexibility index (Phi) is 7.69. The first-order valence-electron chi connectivity index (χ1n) is 11.3. The van der Waals surface area contributed by atoms with Crippen LogP contribution in [0.25, 0.3) is 22.2 Å². The number of hydrogen-bond donors (Lipinski definition) is 4. The molecule has 206 valence electrons. The smallest absolute Gasteiger partial charge is 0.475 e. The standard InChI is InChI=1S/C21H20FN7O2S.C2HF3O2/c22-13-6-7-18-16(10-13)19(28-27-18)17-12-24-21(26-20(17)23)25-14-4-3-5-15(11-14)32(30,31)29-8-1-2-9-29;3-2(4,5)1(6)7/h3-7,10-12H,1-2,8-9H2,(H,27,28)(H3,23,24,25,26);(H,6,7). The van der Waals surface area contributed by atoms with E-state index in [2.05, 4.69) is 25.5 Å². The Hall–Kier alpha value is -4.31. The van der Waals surface area contributed by atoms with Crippen molar-refractivity contribution in [3.05, 3.63) is 54.5 Å². The van der Waals surface area contributed by atoms with Gasteiger partial charge in [0.2, 0.25) is 16.0 Å². The van der Waals surface area contributed by atoms with Crippen LogP contribution in [0.15, 0.2) is 53.6 Å². The molecule has 1 aliphatic heterocycles. The Morgan fingerprint density at radius 3 is 2.46 bits per heavy atom. The van der Waals surface area contributed by atoms with Crippen molar-refractivity contribution in [2.24, 2.45) is 0 Å². The number of benzene rings is 2. The van der Waals surface area contributed by atoms with Crippen molar-refractivity contribution >= 4 is 44.3 Å². The SMILES string of the molecule is Nc1nc(Nc2cccc(S(=O)(=O)N3CCCC3)c2)ncc1-c1n[nH]c2ccc(F)cc12.O=C(O)C(F)(F)F. The van der Waals surface area contributed by atoms with E-state index in [1.165, 1.54) is 22.6 Å². The highest BCUT2D eigenvalue weighted by Crippen LogP contribution is 2.31. The van der Waals surface area contributed by atoms with E-state index in [0.29, 0.717) is 40.9 Å². The van der Waals surface area contributed by atoms with Crippen LogP contribution in [-0.4, -0.2) is 63.2 Å². The third kappa shape index (κ3) is 6.23. The van der Waals surface area contributed by atoms with Gasteiger partial charge in [0.15, 0.2) is 0 Å². The lowest BCUT2D eigenvalue weighted by atomic mass is 10.1. The minimum absolute atomic E-state index is 0.154. The van der Waals surface area contributed by atoms with Crippen molar-refractivity contribution in [1.82, 2.24) is 24.5 Å². The van der Waals surface area contributed by atoms with Gasteiger partial charge in [-0.2, -0.15) is 27.6 Å². The van der Waals surface area contributed by atoms with Crippen LogP contribution >= 0.6 is 0 Å². The molecule has 2 aromatic carbocycles. The van der Waals surface area contributed by atoms with Gasteiger partial charge in [0.05, 0.1) is 16.0 Å². The molecule has 39 heavy (non-hydrogen) atoms. The van der Waals surface area contributed by atoms with E-state index in [1.54, 1.807) is 30.3 Å². The van der Waals surface area contributed by atoms with Gasteiger partial charge in [-0.1, -0.05) is 6.07 Å². The van der Waals surface area contributed by atoms with Crippen LogP contribution < -0.4 is 11.1 Å². The van der Waals surface area contributed by atoms with E-state index in [4.69, 9.17) is 15.6 Å². The van der Waals surface area contributed by atoms with Crippen molar-refractivity contribution in [2.45, 2.75) is 23.9 Å². The first kappa shape index (κ1) is 27.7. The number of aromatic amines is 1. The lowest BCUT2D eigenvalue weighted by molar-refractivity contribution is -0.192. The summed E-state index contributed by atoms with van der Waals surface area (Å²) in [6, 6.07) is 10.8. The van der Waals surface area contributed by atoms with Crippen LogP contribution in [0.1, 0.15) is 12.8 Å². The summed E-state index contributed by atoms with van der Waals surface area (Å²) >= 11 is 0. The summed E-state index contributed by atoms with van der Waals surface area (Å²) in [5, 5.41) is 17.7. The molecule has 1 fully saturated rings. The Labute approximate surface area is 218 Å². The Bertz CT molecular complexity index is 1620. The number of anilines is 3. The molecule has 1 aliphatic rings. The average Bonchev–Trinajstić information content (AvgIpc) is 3.55. The molecule has 0 amide bonds. The van der Waals surface area contributed by atoms with Crippen LogP contribution in [0.4, 0.5) is 35.0 Å². The number of sulfonamides is 1. The van der Waals surface area contributed by atoms with Crippen LogP contribution in [0.5, 0.6) is 0 Å². The highest BCUT2D eigenvalue weighted by atomic mass is 32.2. The van der Waals surface area contributed by atoms with E-state index in [1.807, 2.05) is 0 Å². The summed E-state index contributed by atoms with van der Waals surface area (Å²) in [6.45, 7) is 1.07. The highest BCUT2D eigenvalue weighted by Gasteiger charge is 2.38. The van der Waals surface area contributed by atoms with Gasteiger partial charge in [0.25, 0.3) is 0 Å². The zero-order valence-corrected chi connectivity index (χ0v) is 20.7. The van der Waals surface area contributed by atoms with Gasteiger partial charge in [-0.15, -0.1) is 0 Å². The number of nitrogens with two attached hydrogens (primary N) is 1. The number of H-pyrrole nitrogens is 1. The second-order valence-electron chi connectivity index (χ2n) is 8.32. The first-order valence-corrected chi connectivity index (χ1v) is 12.7. The van der Waals surface area contributed by atoms with Gasteiger partial charge in [-0.05, 0) is 49.2 Å². The molecule has 11 nitrogen and oxygen atoms in total. The number of alkyl halides is 3. The Morgan fingerprint density at radius 1 is 1.13 bits per heavy atom. The summed E-state index contributed by atoms with van der Waals surface area (Å²) in [5.41, 5.74) is 8.22. The molecule has 4 aromatic rings. The number of aliphatic carboxylic acids is 1. The molecule has 0 unspecified atom stereocenters. The molecule has 2 aromatic heterocycles. The number of nitrogens with one attached hydrogen (secondary N) is 2. The minimum atomic E-state index is -5.08. The fourth-order valence-electron chi connectivity index (χ4n) is 3.77. The predicted molar refractivity (Wildman–Crippen MR) is 133 cm³/mol. The van der Waals surface area contributed by atoms with Crippen LogP contribution in [-0.2, 0) is 14.8 Å². The summed E-state index contributed by atoms with van der Waals surface area (Å²) in [5.74, 6) is -2.79. The lowest BCUT2D eigenvalue weighted by Gasteiger charge is -2.16. The molecule has 0 saturated carbocycles. The van der Waals surface area contributed by atoms with Crippen molar-refractivity contribution in [3.8, 4) is 11.3 Å². The topological polar surface area (TPSA) is 167 Å². The summed E-state index contributed by atoms with van der Waals surface area (Å²) < 4.78 is 72.5. The third-order valence-corrected chi connectivity index (χ3v) is 7.53. The third-order valence-electron chi connectivity index (χ3n) is 5.63. The number of aromatic nitrogens is 4. The molecule has 0 aliphatic carbocycles. The molecule has 0 bridgehead atoms. The average molecular weight is 568 g/mol. The van der Waals surface area contributed by atoms with Gasteiger partial charge in [0, 0.05) is 30.4 Å². The molecule has 16 heteroatoms. The van der Waals surface area contributed by atoms with Crippen molar-refractivity contribution in [1.29, 1.82) is 0 Å². The molecule has 1 saturated heterocycles. The van der Waals surface area contributed by atoms with Gasteiger partial charge in [0.1, 0.15) is 17.3 Å². The lowest BCUT2D eigenvalue weighted by Crippen LogP contribution is -2.27. The molecule has 3 heterocycles. The van der Waals surface area contributed by atoms with Gasteiger partial charge in [-0.25, -0.2) is 22.6 Å². The Balaban J connectivity index is 0.000000448.